The van der Waals surface area contributed by atoms with E-state index in [0.717, 1.165) is 5.69 Å². The van der Waals surface area contributed by atoms with E-state index in [0.29, 0.717) is 22.1 Å². The molecule has 84 valence electrons. The third kappa shape index (κ3) is 2.13. The lowest BCUT2D eigenvalue weighted by Crippen LogP contribution is -2.00. The summed E-state index contributed by atoms with van der Waals surface area (Å²) in [5.74, 6) is -0.844. The van der Waals surface area contributed by atoms with Crippen LogP contribution in [0.2, 0.25) is 10.0 Å². The fourth-order valence-corrected chi connectivity index (χ4v) is 2.00. The van der Waals surface area contributed by atoms with E-state index in [1.54, 1.807) is 22.9 Å². The number of nitrogens with zero attached hydrogens (tertiary/aromatic N) is 2. The first-order chi connectivity index (χ1) is 7.58. The molecule has 0 fully saturated rings. The average Bonchev–Trinajstić information content (AvgIpc) is 2.58. The fraction of sp³-hybridized carbons (Fsp3) is 0.200. The molecule has 4 nitrogen and oxygen atoms in total. The number of fused-ring (bicyclic) bond motifs is 1. The molecule has 6 heteroatoms. The number of aryl methyl sites for hydroxylation is 1. The van der Waals surface area contributed by atoms with Gasteiger partial charge in [-0.05, 0) is 6.07 Å². The molecule has 0 bridgehead atoms. The smallest absolute Gasteiger partial charge is 0.303 e. The number of rotatable bonds is 3. The van der Waals surface area contributed by atoms with Crippen molar-refractivity contribution in [3.63, 3.8) is 0 Å². The first kappa shape index (κ1) is 11.2. The van der Waals surface area contributed by atoms with Gasteiger partial charge in [0.15, 0.2) is 5.65 Å². The maximum absolute atomic E-state index is 10.5. The minimum Gasteiger partial charge on any atom is -0.481 e. The van der Waals surface area contributed by atoms with Crippen LogP contribution in [-0.4, -0.2) is 20.5 Å². The summed E-state index contributed by atoms with van der Waals surface area (Å²) in [7, 11) is 0. The van der Waals surface area contributed by atoms with Gasteiger partial charge in [0.25, 0.3) is 0 Å². The number of hydrogen-bond donors (Lipinski definition) is 1. The molecule has 16 heavy (non-hydrogen) atoms. The summed E-state index contributed by atoms with van der Waals surface area (Å²) in [6.07, 6.45) is 3.73. The number of aromatic nitrogens is 2. The molecule has 0 atom stereocenters. The second-order valence-corrected chi connectivity index (χ2v) is 4.19. The van der Waals surface area contributed by atoms with E-state index < -0.39 is 5.97 Å². The molecule has 2 aromatic heterocycles. The molecular formula is C10H8Cl2N2O2. The average molecular weight is 259 g/mol. The van der Waals surface area contributed by atoms with Crippen LogP contribution >= 0.6 is 23.2 Å². The number of pyridine rings is 1. The molecular weight excluding hydrogens is 251 g/mol. The van der Waals surface area contributed by atoms with Gasteiger partial charge in [-0.2, -0.15) is 0 Å². The summed E-state index contributed by atoms with van der Waals surface area (Å²) in [4.78, 5) is 14.6. The molecule has 0 aromatic carbocycles. The molecule has 0 radical (unpaired) electrons. The third-order valence-corrected chi connectivity index (χ3v) is 2.68. The zero-order valence-electron chi connectivity index (χ0n) is 8.15. The molecule has 0 saturated heterocycles. The standard InChI is InChI=1S/C10H8Cl2N2O2/c11-6-3-8(12)10-13-4-7(14(10)5-6)1-2-9(15)16/h3-5H,1-2H2,(H,15,16). The first-order valence-electron chi connectivity index (χ1n) is 4.60. The highest BCUT2D eigenvalue weighted by molar-refractivity contribution is 6.36. The Morgan fingerprint density at radius 2 is 2.25 bits per heavy atom. The second-order valence-electron chi connectivity index (χ2n) is 3.34. The zero-order valence-corrected chi connectivity index (χ0v) is 9.66. The minimum absolute atomic E-state index is 0.0535. The molecule has 0 spiro atoms. The Hall–Kier alpha value is -1.26. The van der Waals surface area contributed by atoms with Gasteiger partial charge in [0, 0.05) is 24.5 Å². The quantitative estimate of drug-likeness (QED) is 0.921. The third-order valence-electron chi connectivity index (χ3n) is 2.20. The summed E-state index contributed by atoms with van der Waals surface area (Å²) >= 11 is 11.8. The van der Waals surface area contributed by atoms with E-state index in [1.807, 2.05) is 0 Å². The van der Waals surface area contributed by atoms with E-state index in [9.17, 15) is 4.79 Å². The molecule has 2 aromatic rings. The fourth-order valence-electron chi connectivity index (χ4n) is 1.48. The Bertz CT molecular complexity index is 551. The van der Waals surface area contributed by atoms with Crippen molar-refractivity contribution in [2.24, 2.45) is 0 Å². The van der Waals surface area contributed by atoms with Crippen molar-refractivity contribution in [3.8, 4) is 0 Å². The van der Waals surface area contributed by atoms with Gasteiger partial charge in [-0.25, -0.2) is 4.98 Å². The van der Waals surface area contributed by atoms with Crippen molar-refractivity contribution in [1.29, 1.82) is 0 Å². The summed E-state index contributed by atoms with van der Waals surface area (Å²) in [5.41, 5.74) is 1.37. The second kappa shape index (κ2) is 4.31. The Balaban J connectivity index is 2.43. The zero-order chi connectivity index (χ0) is 11.7. The highest BCUT2D eigenvalue weighted by Gasteiger charge is 2.09. The Kier molecular flexibility index (Phi) is 3.03. The van der Waals surface area contributed by atoms with Crippen LogP contribution in [0.4, 0.5) is 0 Å². The predicted octanol–water partition coefficient (Wildman–Crippen LogP) is 2.66. The number of carbonyl (C=O) groups is 1. The molecule has 0 saturated carbocycles. The van der Waals surface area contributed by atoms with E-state index in [-0.39, 0.29) is 6.42 Å². The van der Waals surface area contributed by atoms with Crippen LogP contribution in [0.3, 0.4) is 0 Å². The lowest BCUT2D eigenvalue weighted by Gasteiger charge is -2.01. The van der Waals surface area contributed by atoms with E-state index >= 15 is 0 Å². The van der Waals surface area contributed by atoms with Gasteiger partial charge in [0.1, 0.15) is 0 Å². The normalized spacial score (nSPS) is 10.9. The summed E-state index contributed by atoms with van der Waals surface area (Å²) in [6.45, 7) is 0. The Morgan fingerprint density at radius 1 is 1.50 bits per heavy atom. The monoisotopic (exact) mass is 258 g/mol. The number of hydrogen-bond acceptors (Lipinski definition) is 2. The number of imidazole rings is 1. The van der Waals surface area contributed by atoms with Crippen molar-refractivity contribution in [2.45, 2.75) is 12.8 Å². The molecule has 0 aliphatic rings. The highest BCUT2D eigenvalue weighted by Crippen LogP contribution is 2.22. The Morgan fingerprint density at radius 3 is 2.94 bits per heavy atom. The molecule has 0 aliphatic heterocycles. The number of aliphatic carboxylic acids is 1. The molecule has 0 aliphatic carbocycles. The van der Waals surface area contributed by atoms with Crippen molar-refractivity contribution >= 4 is 34.8 Å². The van der Waals surface area contributed by atoms with Gasteiger partial charge in [-0.1, -0.05) is 23.2 Å². The summed E-state index contributed by atoms with van der Waals surface area (Å²) < 4.78 is 1.72. The number of carboxylic acids is 1. The maximum Gasteiger partial charge on any atom is 0.303 e. The van der Waals surface area contributed by atoms with Crippen LogP contribution in [0.25, 0.3) is 5.65 Å². The van der Waals surface area contributed by atoms with Gasteiger partial charge in [-0.3, -0.25) is 4.79 Å². The lowest BCUT2D eigenvalue weighted by atomic mass is 10.2. The molecule has 1 N–H and O–H groups in total. The van der Waals surface area contributed by atoms with Gasteiger partial charge in [-0.15, -0.1) is 0 Å². The van der Waals surface area contributed by atoms with Crippen molar-refractivity contribution in [3.05, 3.63) is 34.2 Å². The van der Waals surface area contributed by atoms with Crippen LogP contribution < -0.4 is 0 Å². The number of halogens is 2. The summed E-state index contributed by atoms with van der Waals surface area (Å²) in [5, 5.41) is 9.56. The maximum atomic E-state index is 10.5. The minimum atomic E-state index is -0.844. The van der Waals surface area contributed by atoms with Crippen LogP contribution in [0.5, 0.6) is 0 Å². The van der Waals surface area contributed by atoms with Crippen LogP contribution in [0.15, 0.2) is 18.5 Å². The molecule has 0 unspecified atom stereocenters. The Labute approximate surface area is 101 Å². The van der Waals surface area contributed by atoms with Crippen LogP contribution in [0, 0.1) is 0 Å². The van der Waals surface area contributed by atoms with E-state index in [2.05, 4.69) is 4.98 Å². The van der Waals surface area contributed by atoms with Gasteiger partial charge in [0.05, 0.1) is 16.5 Å². The van der Waals surface area contributed by atoms with Crippen LogP contribution in [0.1, 0.15) is 12.1 Å². The van der Waals surface area contributed by atoms with Gasteiger partial charge >= 0.3 is 5.97 Å². The lowest BCUT2D eigenvalue weighted by molar-refractivity contribution is -0.136. The first-order valence-corrected chi connectivity index (χ1v) is 5.36. The molecule has 0 amide bonds. The molecule has 2 rings (SSSR count). The summed E-state index contributed by atoms with van der Waals surface area (Å²) in [6, 6.07) is 1.60. The van der Waals surface area contributed by atoms with E-state index in [4.69, 9.17) is 28.3 Å². The van der Waals surface area contributed by atoms with Crippen molar-refractivity contribution in [2.75, 3.05) is 0 Å². The highest BCUT2D eigenvalue weighted by atomic mass is 35.5. The molecule has 2 heterocycles. The SMILES string of the molecule is O=C(O)CCc1cnc2c(Cl)cc(Cl)cn12. The van der Waals surface area contributed by atoms with Crippen LogP contribution in [-0.2, 0) is 11.2 Å². The van der Waals surface area contributed by atoms with Crippen molar-refractivity contribution in [1.82, 2.24) is 9.38 Å². The van der Waals surface area contributed by atoms with Gasteiger partial charge in [0.2, 0.25) is 0 Å². The number of carboxylic acid groups (broad SMARTS) is 1. The predicted molar refractivity (Wildman–Crippen MR) is 61.2 cm³/mol. The van der Waals surface area contributed by atoms with Crippen molar-refractivity contribution < 1.29 is 9.90 Å². The largest absolute Gasteiger partial charge is 0.481 e. The topological polar surface area (TPSA) is 54.6 Å². The van der Waals surface area contributed by atoms with Gasteiger partial charge < -0.3 is 9.51 Å². The van der Waals surface area contributed by atoms with E-state index in [1.165, 1.54) is 0 Å².